The highest BCUT2D eigenvalue weighted by atomic mass is 32.2. The first-order valence-corrected chi connectivity index (χ1v) is 4.98. The maximum absolute atomic E-state index is 11.2. The van der Waals surface area contributed by atoms with Crippen LogP contribution in [-0.4, -0.2) is 19.7 Å². The number of hydrogen-bond donors (Lipinski definition) is 0. The summed E-state index contributed by atoms with van der Waals surface area (Å²) < 4.78 is 11.8. The third-order valence-electron chi connectivity index (χ3n) is 0.940. The fraction of sp³-hybridized carbons (Fsp3) is 0.600. The van der Waals surface area contributed by atoms with Gasteiger partial charge in [-0.3, -0.25) is 4.21 Å². The first-order valence-electron chi connectivity index (χ1n) is 2.88. The zero-order chi connectivity index (χ0) is 7.56. The lowest BCUT2D eigenvalue weighted by atomic mass is 10.6. The molecule has 0 N–H and O–H groups in total. The van der Waals surface area contributed by atoms with Crippen molar-refractivity contribution in [2.24, 2.45) is 0 Å². The molecular weight excluding hydrogens is 168 g/mol. The second-order valence-corrected chi connectivity index (χ2v) is 5.07. The van der Waals surface area contributed by atoms with E-state index in [2.05, 4.69) is 10.2 Å². The summed E-state index contributed by atoms with van der Waals surface area (Å²) in [6.07, 6.45) is 0. The number of hydrogen-bond acceptors (Lipinski definition) is 4. The van der Waals surface area contributed by atoms with Crippen LogP contribution in [0.25, 0.3) is 0 Å². The van der Waals surface area contributed by atoms with Crippen LogP contribution in [0.15, 0.2) is 9.85 Å². The van der Waals surface area contributed by atoms with E-state index in [9.17, 15) is 4.21 Å². The van der Waals surface area contributed by atoms with E-state index in [-0.39, 0.29) is 5.25 Å². The van der Waals surface area contributed by atoms with Crippen molar-refractivity contribution in [1.82, 2.24) is 10.2 Å². The van der Waals surface area contributed by atoms with Crippen molar-refractivity contribution in [1.29, 1.82) is 0 Å². The van der Waals surface area contributed by atoms with Gasteiger partial charge in [0.15, 0.2) is 0 Å². The molecule has 56 valence electrons. The minimum atomic E-state index is -0.959. The predicted molar refractivity (Wildman–Crippen MR) is 41.5 cm³/mol. The molecule has 0 fully saturated rings. The maximum Gasteiger partial charge on any atom is 0.204 e. The third kappa shape index (κ3) is 1.60. The molecular formula is C5H8N2OS2. The van der Waals surface area contributed by atoms with Crippen molar-refractivity contribution in [3.63, 3.8) is 0 Å². The van der Waals surface area contributed by atoms with Crippen molar-refractivity contribution < 1.29 is 4.21 Å². The molecule has 1 unspecified atom stereocenters. The van der Waals surface area contributed by atoms with E-state index < -0.39 is 10.8 Å². The molecule has 0 aromatic carbocycles. The molecule has 0 amide bonds. The van der Waals surface area contributed by atoms with Crippen molar-refractivity contribution in [3.8, 4) is 0 Å². The summed E-state index contributed by atoms with van der Waals surface area (Å²) in [4.78, 5) is 0. The highest BCUT2D eigenvalue weighted by molar-refractivity contribution is 7.87. The summed E-state index contributed by atoms with van der Waals surface area (Å²) in [7, 11) is -0.959. The molecule has 0 bridgehead atoms. The monoisotopic (exact) mass is 176 g/mol. The Balaban J connectivity index is 2.78. The van der Waals surface area contributed by atoms with Crippen LogP contribution in [0.2, 0.25) is 0 Å². The van der Waals surface area contributed by atoms with Crippen LogP contribution >= 0.6 is 11.3 Å². The Morgan fingerprint density at radius 2 is 2.40 bits per heavy atom. The van der Waals surface area contributed by atoms with E-state index in [0.29, 0.717) is 4.34 Å². The van der Waals surface area contributed by atoms with Crippen molar-refractivity contribution in [3.05, 3.63) is 5.51 Å². The standard InChI is InChI=1S/C5H8N2OS2/c1-4(2)10(8)5-7-6-3-9-5/h3-4H,1-2H3. The van der Waals surface area contributed by atoms with Crippen molar-refractivity contribution in [2.75, 3.05) is 0 Å². The average molecular weight is 176 g/mol. The fourth-order valence-electron chi connectivity index (χ4n) is 0.452. The van der Waals surface area contributed by atoms with Crippen LogP contribution in [0.1, 0.15) is 13.8 Å². The second kappa shape index (κ2) is 3.21. The fourth-order valence-corrected chi connectivity index (χ4v) is 2.35. The van der Waals surface area contributed by atoms with Gasteiger partial charge in [-0.1, -0.05) is 25.2 Å². The van der Waals surface area contributed by atoms with Gasteiger partial charge < -0.3 is 0 Å². The van der Waals surface area contributed by atoms with Gasteiger partial charge in [-0.05, 0) is 0 Å². The highest BCUT2D eigenvalue weighted by Crippen LogP contribution is 2.11. The first-order chi connectivity index (χ1) is 4.72. The van der Waals surface area contributed by atoms with Gasteiger partial charge in [0, 0.05) is 5.25 Å². The van der Waals surface area contributed by atoms with Crippen LogP contribution in [0.5, 0.6) is 0 Å². The van der Waals surface area contributed by atoms with Gasteiger partial charge in [0.05, 0.1) is 10.8 Å². The summed E-state index contributed by atoms with van der Waals surface area (Å²) in [5, 5.41) is 7.44. The lowest BCUT2D eigenvalue weighted by Crippen LogP contribution is -2.04. The largest absolute Gasteiger partial charge is 0.252 e. The molecule has 0 aliphatic rings. The Hall–Kier alpha value is -0.290. The molecule has 10 heavy (non-hydrogen) atoms. The van der Waals surface area contributed by atoms with Gasteiger partial charge in [-0.25, -0.2) is 0 Å². The Morgan fingerprint density at radius 3 is 2.80 bits per heavy atom. The van der Waals surface area contributed by atoms with Crippen molar-refractivity contribution >= 4 is 22.1 Å². The molecule has 1 heterocycles. The molecule has 0 aliphatic heterocycles. The Labute approximate surface area is 65.9 Å². The van der Waals surface area contributed by atoms with Crippen LogP contribution < -0.4 is 0 Å². The minimum Gasteiger partial charge on any atom is -0.252 e. The smallest absolute Gasteiger partial charge is 0.204 e. The summed E-state index contributed by atoms with van der Waals surface area (Å²) >= 11 is 1.34. The van der Waals surface area contributed by atoms with Gasteiger partial charge in [0.1, 0.15) is 5.51 Å². The Bertz CT molecular complexity index is 220. The molecule has 0 aliphatic carbocycles. The quantitative estimate of drug-likeness (QED) is 0.676. The topological polar surface area (TPSA) is 42.9 Å². The summed E-state index contributed by atoms with van der Waals surface area (Å²) in [5.74, 6) is 0. The molecule has 5 heteroatoms. The zero-order valence-corrected chi connectivity index (χ0v) is 7.41. The zero-order valence-electron chi connectivity index (χ0n) is 5.77. The lowest BCUT2D eigenvalue weighted by Gasteiger charge is -1.97. The van der Waals surface area contributed by atoms with E-state index in [1.54, 1.807) is 5.51 Å². The number of nitrogens with zero attached hydrogens (tertiary/aromatic N) is 2. The molecule has 1 rings (SSSR count). The molecule has 1 aromatic rings. The van der Waals surface area contributed by atoms with E-state index in [4.69, 9.17) is 0 Å². The Kier molecular flexibility index (Phi) is 2.50. The van der Waals surface area contributed by atoms with Crippen LogP contribution in [0.4, 0.5) is 0 Å². The van der Waals surface area contributed by atoms with Gasteiger partial charge >= 0.3 is 0 Å². The van der Waals surface area contributed by atoms with E-state index in [1.807, 2.05) is 13.8 Å². The van der Waals surface area contributed by atoms with Crippen molar-refractivity contribution in [2.45, 2.75) is 23.4 Å². The summed E-state index contributed by atoms with van der Waals surface area (Å²) in [5.41, 5.74) is 1.59. The molecule has 0 saturated heterocycles. The molecule has 0 saturated carbocycles. The lowest BCUT2D eigenvalue weighted by molar-refractivity contribution is 0.675. The summed E-state index contributed by atoms with van der Waals surface area (Å²) in [6.45, 7) is 3.80. The van der Waals surface area contributed by atoms with Crippen LogP contribution in [0.3, 0.4) is 0 Å². The van der Waals surface area contributed by atoms with Crippen LogP contribution in [-0.2, 0) is 10.8 Å². The Morgan fingerprint density at radius 1 is 1.70 bits per heavy atom. The average Bonchev–Trinajstić information content (AvgIpc) is 2.36. The number of rotatable bonds is 2. The third-order valence-corrected chi connectivity index (χ3v) is 3.49. The summed E-state index contributed by atoms with van der Waals surface area (Å²) in [6, 6.07) is 0. The normalized spacial score (nSPS) is 13.9. The van der Waals surface area contributed by atoms with E-state index in [0.717, 1.165) is 0 Å². The van der Waals surface area contributed by atoms with Gasteiger partial charge in [0.25, 0.3) is 0 Å². The highest BCUT2D eigenvalue weighted by Gasteiger charge is 2.10. The minimum absolute atomic E-state index is 0.132. The SMILES string of the molecule is CC(C)S(=O)c1nncs1. The number of aromatic nitrogens is 2. The molecule has 1 aromatic heterocycles. The molecule has 0 radical (unpaired) electrons. The second-order valence-electron chi connectivity index (χ2n) is 2.05. The van der Waals surface area contributed by atoms with Gasteiger partial charge in [0.2, 0.25) is 4.34 Å². The maximum atomic E-state index is 11.2. The van der Waals surface area contributed by atoms with E-state index >= 15 is 0 Å². The molecule has 1 atom stereocenters. The predicted octanol–water partition coefficient (Wildman–Crippen LogP) is 1.05. The van der Waals surface area contributed by atoms with E-state index in [1.165, 1.54) is 11.3 Å². The molecule has 0 spiro atoms. The van der Waals surface area contributed by atoms with Gasteiger partial charge in [-0.2, -0.15) is 0 Å². The first kappa shape index (κ1) is 7.81. The van der Waals surface area contributed by atoms with Gasteiger partial charge in [-0.15, -0.1) is 10.2 Å². The molecule has 3 nitrogen and oxygen atoms in total. The van der Waals surface area contributed by atoms with Crippen LogP contribution in [0, 0.1) is 0 Å².